The highest BCUT2D eigenvalue weighted by Crippen LogP contribution is 2.24. The Morgan fingerprint density at radius 3 is 2.33 bits per heavy atom. The minimum Gasteiger partial charge on any atom is -0.385 e. The Kier molecular flexibility index (Phi) is 7.35. The van der Waals surface area contributed by atoms with Crippen LogP contribution in [-0.4, -0.2) is 50.5 Å². The second-order valence-electron chi connectivity index (χ2n) is 5.95. The summed E-state index contributed by atoms with van der Waals surface area (Å²) in [6, 6.07) is 1.80. The lowest BCUT2D eigenvalue weighted by atomic mass is 9.96. The van der Waals surface area contributed by atoms with E-state index in [0.29, 0.717) is 18.4 Å². The van der Waals surface area contributed by atoms with Gasteiger partial charge < -0.3 is 14.4 Å². The Morgan fingerprint density at radius 2 is 1.76 bits per heavy atom. The normalized spacial score (nSPS) is 11.7. The predicted octanol–water partition coefficient (Wildman–Crippen LogP) is 2.92. The van der Waals surface area contributed by atoms with Crippen LogP contribution in [0.1, 0.15) is 33.0 Å². The van der Waals surface area contributed by atoms with Crippen molar-refractivity contribution in [1.82, 2.24) is 9.97 Å². The van der Waals surface area contributed by atoms with Gasteiger partial charge >= 0.3 is 0 Å². The third-order valence-electron chi connectivity index (χ3n) is 3.02. The zero-order chi connectivity index (χ0) is 15.9. The van der Waals surface area contributed by atoms with Gasteiger partial charge in [-0.05, 0) is 6.42 Å². The first kappa shape index (κ1) is 18.1. The van der Waals surface area contributed by atoms with E-state index in [1.165, 1.54) is 0 Å². The summed E-state index contributed by atoms with van der Waals surface area (Å²) < 4.78 is 10.3. The van der Waals surface area contributed by atoms with Crippen molar-refractivity contribution in [3.8, 4) is 0 Å². The molecule has 0 saturated carbocycles. The summed E-state index contributed by atoms with van der Waals surface area (Å²) in [4.78, 5) is 11.2. The molecule has 0 aliphatic heterocycles. The fraction of sp³-hybridized carbons (Fsp3) is 0.733. The summed E-state index contributed by atoms with van der Waals surface area (Å²) in [6.45, 7) is 9.19. The van der Waals surface area contributed by atoms with E-state index in [9.17, 15) is 0 Å². The van der Waals surface area contributed by atoms with Crippen LogP contribution < -0.4 is 4.90 Å². The van der Waals surface area contributed by atoms with Gasteiger partial charge in [0.15, 0.2) is 0 Å². The van der Waals surface area contributed by atoms with Crippen molar-refractivity contribution in [2.24, 2.45) is 0 Å². The van der Waals surface area contributed by atoms with E-state index in [-0.39, 0.29) is 5.41 Å². The molecule has 0 radical (unpaired) electrons. The number of nitrogens with zero attached hydrogens (tertiary/aromatic N) is 3. The van der Waals surface area contributed by atoms with E-state index >= 15 is 0 Å². The van der Waals surface area contributed by atoms with Gasteiger partial charge in [-0.2, -0.15) is 0 Å². The van der Waals surface area contributed by atoms with Crippen molar-refractivity contribution in [1.29, 1.82) is 0 Å². The molecule has 1 aromatic rings. The highest BCUT2D eigenvalue weighted by molar-refractivity contribution is 6.29. The maximum absolute atomic E-state index is 6.16. The molecular formula is C15H26ClN3O2. The summed E-state index contributed by atoms with van der Waals surface area (Å²) in [6.07, 6.45) is 0.923. The average Bonchev–Trinajstić information content (AvgIpc) is 2.41. The minimum atomic E-state index is -0.140. The third-order valence-corrected chi connectivity index (χ3v) is 3.21. The van der Waals surface area contributed by atoms with Crippen LogP contribution >= 0.6 is 11.6 Å². The third kappa shape index (κ3) is 6.16. The number of hydrogen-bond acceptors (Lipinski definition) is 5. The number of methoxy groups -OCH3 is 2. The van der Waals surface area contributed by atoms with Crippen LogP contribution in [-0.2, 0) is 14.9 Å². The molecule has 0 aliphatic rings. The predicted molar refractivity (Wildman–Crippen MR) is 86.3 cm³/mol. The molecule has 120 valence electrons. The number of halogens is 1. The summed E-state index contributed by atoms with van der Waals surface area (Å²) >= 11 is 6.16. The van der Waals surface area contributed by atoms with Gasteiger partial charge in [0.05, 0.1) is 6.61 Å². The molecule has 5 nitrogen and oxygen atoms in total. The van der Waals surface area contributed by atoms with Crippen LogP contribution in [0.25, 0.3) is 0 Å². The Labute approximate surface area is 132 Å². The monoisotopic (exact) mass is 315 g/mol. The molecule has 0 fully saturated rings. The maximum Gasteiger partial charge on any atom is 0.137 e. The molecule has 0 aromatic carbocycles. The van der Waals surface area contributed by atoms with Gasteiger partial charge in [-0.1, -0.05) is 32.4 Å². The van der Waals surface area contributed by atoms with Crippen LogP contribution in [0.5, 0.6) is 0 Å². The van der Waals surface area contributed by atoms with E-state index < -0.39 is 0 Å². The van der Waals surface area contributed by atoms with E-state index in [4.69, 9.17) is 21.1 Å². The lowest BCUT2D eigenvalue weighted by Gasteiger charge is -2.25. The quantitative estimate of drug-likeness (QED) is 0.545. The Hall–Kier alpha value is -0.910. The first-order valence-electron chi connectivity index (χ1n) is 7.16. The van der Waals surface area contributed by atoms with Crippen molar-refractivity contribution in [3.05, 3.63) is 17.0 Å². The van der Waals surface area contributed by atoms with Crippen molar-refractivity contribution in [2.75, 3.05) is 45.4 Å². The van der Waals surface area contributed by atoms with Crippen molar-refractivity contribution >= 4 is 17.4 Å². The van der Waals surface area contributed by atoms with E-state index in [1.807, 2.05) is 0 Å². The van der Waals surface area contributed by atoms with Gasteiger partial charge in [-0.25, -0.2) is 9.97 Å². The van der Waals surface area contributed by atoms with Crippen LogP contribution in [0.4, 0.5) is 5.82 Å². The summed E-state index contributed by atoms with van der Waals surface area (Å²) in [5.41, 5.74) is -0.140. The largest absolute Gasteiger partial charge is 0.385 e. The van der Waals surface area contributed by atoms with Gasteiger partial charge in [0.25, 0.3) is 0 Å². The summed E-state index contributed by atoms with van der Waals surface area (Å²) in [5.74, 6) is 1.59. The van der Waals surface area contributed by atoms with Crippen LogP contribution in [0, 0.1) is 0 Å². The van der Waals surface area contributed by atoms with Gasteiger partial charge in [-0.3, -0.25) is 0 Å². The zero-order valence-electron chi connectivity index (χ0n) is 13.6. The second kappa shape index (κ2) is 8.51. The molecule has 0 atom stereocenters. The number of rotatable bonds is 8. The van der Waals surface area contributed by atoms with Crippen LogP contribution in [0.3, 0.4) is 0 Å². The van der Waals surface area contributed by atoms with Crippen LogP contribution in [0.2, 0.25) is 5.15 Å². The van der Waals surface area contributed by atoms with Crippen molar-refractivity contribution in [2.45, 2.75) is 32.6 Å². The SMILES string of the molecule is COCCCN(CCOC)c1cc(Cl)nc(C(C)(C)C)n1. The number of hydrogen-bond donors (Lipinski definition) is 0. The fourth-order valence-electron chi connectivity index (χ4n) is 1.85. The van der Waals surface area contributed by atoms with Gasteiger partial charge in [0.1, 0.15) is 16.8 Å². The molecule has 0 aliphatic carbocycles. The number of aromatic nitrogens is 2. The fourth-order valence-corrected chi connectivity index (χ4v) is 2.02. The molecule has 1 aromatic heterocycles. The first-order valence-corrected chi connectivity index (χ1v) is 7.54. The summed E-state index contributed by atoms with van der Waals surface area (Å²) in [5, 5.41) is 0.471. The highest BCUT2D eigenvalue weighted by atomic mass is 35.5. The number of ether oxygens (including phenoxy) is 2. The maximum atomic E-state index is 6.16. The molecule has 1 rings (SSSR count). The van der Waals surface area contributed by atoms with Crippen molar-refractivity contribution < 1.29 is 9.47 Å². The molecule has 21 heavy (non-hydrogen) atoms. The Balaban J connectivity index is 2.96. The molecule has 0 bridgehead atoms. The van der Waals surface area contributed by atoms with Gasteiger partial charge in [0.2, 0.25) is 0 Å². The molecule has 6 heteroatoms. The lowest BCUT2D eigenvalue weighted by molar-refractivity contribution is 0.191. The highest BCUT2D eigenvalue weighted by Gasteiger charge is 2.20. The van der Waals surface area contributed by atoms with Crippen molar-refractivity contribution in [3.63, 3.8) is 0 Å². The first-order chi connectivity index (χ1) is 9.88. The molecule has 0 spiro atoms. The van der Waals surface area contributed by atoms with E-state index in [2.05, 4.69) is 35.6 Å². The molecule has 0 N–H and O–H groups in total. The Bertz CT molecular complexity index is 435. The molecule has 0 amide bonds. The standard InChI is InChI=1S/C15H26ClN3O2/c1-15(2,3)14-17-12(16)11-13(18-14)19(8-10-21-5)7-6-9-20-4/h11H,6-10H2,1-5H3. The smallest absolute Gasteiger partial charge is 0.137 e. The van der Waals surface area contributed by atoms with E-state index in [1.54, 1.807) is 20.3 Å². The second-order valence-corrected chi connectivity index (χ2v) is 6.34. The molecule has 1 heterocycles. The topological polar surface area (TPSA) is 47.5 Å². The lowest BCUT2D eigenvalue weighted by Crippen LogP contribution is -2.31. The molecule has 0 unspecified atom stereocenters. The molecular weight excluding hydrogens is 290 g/mol. The average molecular weight is 316 g/mol. The zero-order valence-corrected chi connectivity index (χ0v) is 14.4. The van der Waals surface area contributed by atoms with Crippen LogP contribution in [0.15, 0.2) is 6.07 Å². The molecule has 0 saturated heterocycles. The van der Waals surface area contributed by atoms with Gasteiger partial charge in [0, 0.05) is 45.4 Å². The Morgan fingerprint density at radius 1 is 1.10 bits per heavy atom. The summed E-state index contributed by atoms with van der Waals surface area (Å²) in [7, 11) is 3.40. The minimum absolute atomic E-state index is 0.140. The number of anilines is 1. The van der Waals surface area contributed by atoms with E-state index in [0.717, 1.165) is 31.2 Å². The van der Waals surface area contributed by atoms with Gasteiger partial charge in [-0.15, -0.1) is 0 Å².